The van der Waals surface area contributed by atoms with Crippen molar-refractivity contribution in [3.8, 4) is 5.75 Å². The summed E-state index contributed by atoms with van der Waals surface area (Å²) in [7, 11) is -4.14. The van der Waals surface area contributed by atoms with E-state index in [1.165, 1.54) is 30.3 Å². The molecule has 0 saturated carbocycles. The summed E-state index contributed by atoms with van der Waals surface area (Å²) in [6, 6.07) is 8.63. The minimum Gasteiger partial charge on any atom is -0.377 e. The van der Waals surface area contributed by atoms with E-state index >= 15 is 0 Å². The molecule has 1 aromatic heterocycles. The van der Waals surface area contributed by atoms with Gasteiger partial charge in [-0.2, -0.15) is 8.42 Å². The van der Waals surface area contributed by atoms with Gasteiger partial charge in [0.15, 0.2) is 11.3 Å². The highest BCUT2D eigenvalue weighted by Crippen LogP contribution is 2.31. The van der Waals surface area contributed by atoms with E-state index in [1.54, 1.807) is 6.07 Å². The molecule has 9 heteroatoms. The van der Waals surface area contributed by atoms with E-state index in [9.17, 15) is 8.42 Å². The largest absolute Gasteiger partial charge is 0.377 e. The van der Waals surface area contributed by atoms with Crippen LogP contribution in [-0.4, -0.2) is 18.7 Å². The summed E-state index contributed by atoms with van der Waals surface area (Å²) in [6.45, 7) is 0. The first-order valence-corrected chi connectivity index (χ1v) is 7.74. The van der Waals surface area contributed by atoms with Gasteiger partial charge in [0.25, 0.3) is 0 Å². The van der Waals surface area contributed by atoms with E-state index in [4.69, 9.17) is 27.4 Å². The van der Waals surface area contributed by atoms with Gasteiger partial charge in [-0.05, 0) is 40.6 Å². The summed E-state index contributed by atoms with van der Waals surface area (Å²) >= 11 is 11.6. The average Bonchev–Trinajstić information content (AvgIpc) is 2.90. The van der Waals surface area contributed by atoms with Crippen LogP contribution in [0.2, 0.25) is 10.0 Å². The summed E-state index contributed by atoms with van der Waals surface area (Å²) in [5.74, 6) is -0.0328. The zero-order valence-electron chi connectivity index (χ0n) is 10.2. The minimum absolute atomic E-state index is 0.0328. The lowest BCUT2D eigenvalue weighted by Crippen LogP contribution is -2.10. The molecule has 0 atom stereocenters. The monoisotopic (exact) mass is 344 g/mol. The number of fused-ring (bicyclic) bond motifs is 1. The van der Waals surface area contributed by atoms with Gasteiger partial charge in [0.05, 0.1) is 5.02 Å². The summed E-state index contributed by atoms with van der Waals surface area (Å²) in [5.41, 5.74) is 0.393. The molecule has 0 unspecified atom stereocenters. The fraction of sp³-hybridized carbons (Fsp3) is 0. The van der Waals surface area contributed by atoms with Crippen molar-refractivity contribution in [3.63, 3.8) is 0 Å². The van der Waals surface area contributed by atoms with Gasteiger partial charge < -0.3 is 4.18 Å². The van der Waals surface area contributed by atoms with Crippen molar-refractivity contribution in [2.45, 2.75) is 4.90 Å². The highest BCUT2D eigenvalue weighted by atomic mass is 35.5. The lowest BCUT2D eigenvalue weighted by molar-refractivity contribution is 0.315. The first-order chi connectivity index (χ1) is 9.97. The zero-order valence-corrected chi connectivity index (χ0v) is 12.5. The van der Waals surface area contributed by atoms with E-state index in [0.717, 1.165) is 0 Å². The van der Waals surface area contributed by atoms with Crippen LogP contribution >= 0.6 is 23.2 Å². The van der Waals surface area contributed by atoms with Crippen molar-refractivity contribution in [2.24, 2.45) is 0 Å². The number of benzene rings is 2. The number of nitrogens with zero attached hydrogens (tertiary/aromatic N) is 2. The molecule has 1 heterocycles. The van der Waals surface area contributed by atoms with Crippen molar-refractivity contribution in [1.82, 2.24) is 10.3 Å². The van der Waals surface area contributed by atoms with Crippen LogP contribution in [-0.2, 0) is 10.1 Å². The van der Waals surface area contributed by atoms with E-state index in [0.29, 0.717) is 10.5 Å². The normalized spacial score (nSPS) is 11.7. The Balaban J connectivity index is 2.06. The molecular weight excluding hydrogens is 339 g/mol. The summed E-state index contributed by atoms with van der Waals surface area (Å²) in [5, 5.41) is 7.59. The predicted molar refractivity (Wildman–Crippen MR) is 76.1 cm³/mol. The van der Waals surface area contributed by atoms with Crippen molar-refractivity contribution >= 4 is 44.4 Å². The van der Waals surface area contributed by atoms with Crippen molar-refractivity contribution < 1.29 is 17.2 Å². The average molecular weight is 345 g/mol. The Bertz CT molecular complexity index is 924. The SMILES string of the molecule is O=S(=O)(Oc1ccc(Cl)cc1Cl)c1cccc2nonc12. The highest BCUT2D eigenvalue weighted by molar-refractivity contribution is 7.87. The van der Waals surface area contributed by atoms with Gasteiger partial charge in [-0.25, -0.2) is 4.63 Å². The van der Waals surface area contributed by atoms with Crippen LogP contribution in [0.25, 0.3) is 11.0 Å². The Labute approximate surface area is 129 Å². The van der Waals surface area contributed by atoms with Crippen LogP contribution in [0.5, 0.6) is 5.75 Å². The number of hydrogen-bond donors (Lipinski definition) is 0. The van der Waals surface area contributed by atoms with Crippen LogP contribution in [0.1, 0.15) is 0 Å². The maximum Gasteiger partial charge on any atom is 0.341 e. The lowest BCUT2D eigenvalue weighted by Gasteiger charge is -2.08. The fourth-order valence-electron chi connectivity index (χ4n) is 1.69. The van der Waals surface area contributed by atoms with E-state index in [1.807, 2.05) is 0 Å². The van der Waals surface area contributed by atoms with Gasteiger partial charge in [-0.3, -0.25) is 0 Å². The van der Waals surface area contributed by atoms with Gasteiger partial charge in [0.1, 0.15) is 10.4 Å². The van der Waals surface area contributed by atoms with Gasteiger partial charge in [0.2, 0.25) is 0 Å². The number of halogens is 2. The topological polar surface area (TPSA) is 82.3 Å². The molecule has 0 fully saturated rings. The molecule has 0 saturated heterocycles. The standard InChI is InChI=1S/C12H6Cl2N2O4S/c13-7-4-5-10(8(14)6-7)19-21(17,18)11-3-1-2-9-12(11)16-20-15-9/h1-6H. The first kappa shape index (κ1) is 14.1. The minimum atomic E-state index is -4.14. The van der Waals surface area contributed by atoms with Crippen LogP contribution in [0, 0.1) is 0 Å². The molecule has 108 valence electrons. The molecule has 0 bridgehead atoms. The lowest BCUT2D eigenvalue weighted by atomic mass is 10.3. The Morgan fingerprint density at radius 2 is 1.90 bits per heavy atom. The van der Waals surface area contributed by atoms with Crippen LogP contribution in [0.3, 0.4) is 0 Å². The number of aromatic nitrogens is 2. The Morgan fingerprint density at radius 1 is 1.10 bits per heavy atom. The van der Waals surface area contributed by atoms with E-state index < -0.39 is 10.1 Å². The third-order valence-electron chi connectivity index (χ3n) is 2.61. The molecule has 3 rings (SSSR count). The summed E-state index contributed by atoms with van der Waals surface area (Å²) in [4.78, 5) is -0.160. The zero-order chi connectivity index (χ0) is 15.0. The molecular formula is C12H6Cl2N2O4S. The highest BCUT2D eigenvalue weighted by Gasteiger charge is 2.23. The van der Waals surface area contributed by atoms with E-state index in [-0.39, 0.29) is 21.2 Å². The molecule has 0 aliphatic heterocycles. The second-order valence-electron chi connectivity index (χ2n) is 4.00. The molecule has 21 heavy (non-hydrogen) atoms. The molecule has 0 aliphatic rings. The first-order valence-electron chi connectivity index (χ1n) is 5.58. The number of hydrogen-bond acceptors (Lipinski definition) is 6. The van der Waals surface area contributed by atoms with E-state index in [2.05, 4.69) is 14.9 Å². The Kier molecular flexibility index (Phi) is 3.48. The fourth-order valence-corrected chi connectivity index (χ4v) is 3.28. The Hall–Kier alpha value is -1.83. The molecule has 2 aromatic carbocycles. The molecule has 3 aromatic rings. The maximum atomic E-state index is 12.3. The van der Waals surface area contributed by atoms with Crippen LogP contribution in [0.4, 0.5) is 0 Å². The third-order valence-corrected chi connectivity index (χ3v) is 4.41. The van der Waals surface area contributed by atoms with Crippen molar-refractivity contribution in [3.05, 3.63) is 46.4 Å². The molecule has 6 nitrogen and oxygen atoms in total. The second-order valence-corrected chi connectivity index (χ2v) is 6.36. The van der Waals surface area contributed by atoms with Gasteiger partial charge >= 0.3 is 10.1 Å². The maximum absolute atomic E-state index is 12.3. The second kappa shape index (κ2) is 5.18. The Morgan fingerprint density at radius 3 is 2.67 bits per heavy atom. The summed E-state index contributed by atoms with van der Waals surface area (Å²) < 4.78 is 34.2. The molecule has 0 spiro atoms. The third kappa shape index (κ3) is 2.67. The van der Waals surface area contributed by atoms with Crippen molar-refractivity contribution in [1.29, 1.82) is 0 Å². The quantitative estimate of drug-likeness (QED) is 0.678. The van der Waals surface area contributed by atoms with Crippen molar-refractivity contribution in [2.75, 3.05) is 0 Å². The molecule has 0 aliphatic carbocycles. The predicted octanol–water partition coefficient (Wildman–Crippen LogP) is 3.30. The molecule has 0 amide bonds. The summed E-state index contributed by atoms with van der Waals surface area (Å²) in [6.07, 6.45) is 0. The van der Waals surface area contributed by atoms with Crippen LogP contribution in [0.15, 0.2) is 45.9 Å². The van der Waals surface area contributed by atoms with Gasteiger partial charge in [-0.15, -0.1) is 0 Å². The number of rotatable bonds is 3. The van der Waals surface area contributed by atoms with Gasteiger partial charge in [-0.1, -0.05) is 29.3 Å². The van der Waals surface area contributed by atoms with Crippen LogP contribution < -0.4 is 4.18 Å². The van der Waals surface area contributed by atoms with Gasteiger partial charge in [0, 0.05) is 5.02 Å². The molecule has 0 N–H and O–H groups in total. The molecule has 0 radical (unpaired) electrons. The smallest absolute Gasteiger partial charge is 0.341 e.